The molecule has 1 aliphatic rings. The number of amides is 2. The Labute approximate surface area is 108 Å². The molecule has 0 bridgehead atoms. The molecule has 2 heterocycles. The number of hydrogen-bond donors (Lipinski definition) is 2. The summed E-state index contributed by atoms with van der Waals surface area (Å²) in [5, 5.41) is 9.17. The van der Waals surface area contributed by atoms with Gasteiger partial charge in [0.05, 0.1) is 13.0 Å². The minimum atomic E-state index is -0.204. The first-order valence-electron chi connectivity index (χ1n) is 5.82. The fourth-order valence-electron chi connectivity index (χ4n) is 1.97. The zero-order chi connectivity index (χ0) is 13.2. The van der Waals surface area contributed by atoms with E-state index in [0.717, 1.165) is 11.3 Å². The molecule has 1 aromatic carbocycles. The van der Waals surface area contributed by atoms with Gasteiger partial charge in [-0.15, -0.1) is 0 Å². The van der Waals surface area contributed by atoms with Crippen LogP contribution in [0.5, 0.6) is 0 Å². The highest BCUT2D eigenvalue weighted by atomic mass is 16.5. The van der Waals surface area contributed by atoms with Crippen LogP contribution in [0.1, 0.15) is 21.6 Å². The summed E-state index contributed by atoms with van der Waals surface area (Å²) in [6.07, 6.45) is 1.77. The molecule has 3 rings (SSSR count). The number of fused-ring (bicyclic) bond motifs is 1. The fourth-order valence-corrected chi connectivity index (χ4v) is 1.97. The third kappa shape index (κ3) is 2.33. The average Bonchev–Trinajstić information content (AvgIpc) is 3.02. The lowest BCUT2D eigenvalue weighted by atomic mass is 10.1. The maximum absolute atomic E-state index is 11.9. The van der Waals surface area contributed by atoms with Gasteiger partial charge in [0.1, 0.15) is 12.0 Å². The van der Waals surface area contributed by atoms with Crippen molar-refractivity contribution < 1.29 is 14.1 Å². The molecule has 0 atom stereocenters. The van der Waals surface area contributed by atoms with Crippen molar-refractivity contribution in [2.24, 2.45) is 0 Å². The molecule has 1 aromatic heterocycles. The Morgan fingerprint density at radius 3 is 3.11 bits per heavy atom. The largest absolute Gasteiger partial charge is 0.364 e. The molecular formula is C13H11N3O3. The van der Waals surface area contributed by atoms with Crippen LogP contribution in [-0.4, -0.2) is 17.0 Å². The van der Waals surface area contributed by atoms with E-state index in [0.29, 0.717) is 24.2 Å². The highest BCUT2D eigenvalue weighted by Gasteiger charge is 2.19. The van der Waals surface area contributed by atoms with Crippen molar-refractivity contribution in [3.8, 4) is 0 Å². The average molecular weight is 257 g/mol. The van der Waals surface area contributed by atoms with Gasteiger partial charge in [0.2, 0.25) is 5.91 Å². The van der Waals surface area contributed by atoms with Gasteiger partial charge < -0.3 is 15.2 Å². The third-order valence-electron chi connectivity index (χ3n) is 2.91. The van der Waals surface area contributed by atoms with Crippen LogP contribution in [0.2, 0.25) is 0 Å². The summed E-state index contributed by atoms with van der Waals surface area (Å²) < 4.78 is 4.68. The van der Waals surface area contributed by atoms with Crippen LogP contribution >= 0.6 is 0 Å². The zero-order valence-corrected chi connectivity index (χ0v) is 9.97. The molecule has 96 valence electrons. The number of hydrogen-bond acceptors (Lipinski definition) is 4. The standard InChI is InChI=1S/C13H11N3O3/c17-12-6-9-5-8(1-2-11(9)15-12)13(18)14-7-10-3-4-19-16-10/h1-5H,6-7H2,(H,14,18)(H,15,17). The van der Waals surface area contributed by atoms with Gasteiger partial charge in [-0.2, -0.15) is 0 Å². The van der Waals surface area contributed by atoms with E-state index in [1.165, 1.54) is 6.26 Å². The summed E-state index contributed by atoms with van der Waals surface area (Å²) in [6.45, 7) is 0.309. The normalized spacial score (nSPS) is 12.9. The van der Waals surface area contributed by atoms with E-state index in [4.69, 9.17) is 0 Å². The molecule has 6 nitrogen and oxygen atoms in total. The van der Waals surface area contributed by atoms with E-state index >= 15 is 0 Å². The minimum Gasteiger partial charge on any atom is -0.364 e. The SMILES string of the molecule is O=C1Cc2cc(C(=O)NCc3ccon3)ccc2N1. The van der Waals surface area contributed by atoms with Crippen molar-refractivity contribution in [1.82, 2.24) is 10.5 Å². The van der Waals surface area contributed by atoms with Gasteiger partial charge in [0.15, 0.2) is 0 Å². The van der Waals surface area contributed by atoms with Crippen LogP contribution in [0.3, 0.4) is 0 Å². The topological polar surface area (TPSA) is 84.2 Å². The molecule has 6 heteroatoms. The van der Waals surface area contributed by atoms with E-state index in [1.807, 2.05) is 0 Å². The van der Waals surface area contributed by atoms with Crippen molar-refractivity contribution in [2.75, 3.05) is 5.32 Å². The van der Waals surface area contributed by atoms with Crippen LogP contribution in [0.25, 0.3) is 0 Å². The molecule has 2 aromatic rings. The Balaban J connectivity index is 1.70. The van der Waals surface area contributed by atoms with Gasteiger partial charge in [0, 0.05) is 17.3 Å². The quantitative estimate of drug-likeness (QED) is 0.862. The van der Waals surface area contributed by atoms with E-state index < -0.39 is 0 Å². The van der Waals surface area contributed by atoms with Crippen molar-refractivity contribution >= 4 is 17.5 Å². The molecule has 1 aliphatic heterocycles. The van der Waals surface area contributed by atoms with Gasteiger partial charge in [-0.25, -0.2) is 0 Å². The molecule has 2 N–H and O–H groups in total. The summed E-state index contributed by atoms with van der Waals surface area (Å²) >= 11 is 0. The minimum absolute atomic E-state index is 0.0462. The van der Waals surface area contributed by atoms with Gasteiger partial charge >= 0.3 is 0 Å². The van der Waals surface area contributed by atoms with Crippen LogP contribution in [0.15, 0.2) is 35.1 Å². The Morgan fingerprint density at radius 1 is 1.42 bits per heavy atom. The molecule has 0 fully saturated rings. The lowest BCUT2D eigenvalue weighted by molar-refractivity contribution is -0.115. The summed E-state index contributed by atoms with van der Waals surface area (Å²) in [6, 6.07) is 6.84. The van der Waals surface area contributed by atoms with E-state index in [2.05, 4.69) is 20.3 Å². The summed E-state index contributed by atoms with van der Waals surface area (Å²) in [5.41, 5.74) is 2.81. The first-order valence-corrected chi connectivity index (χ1v) is 5.82. The molecule has 0 aliphatic carbocycles. The second-order valence-corrected chi connectivity index (χ2v) is 4.27. The molecule has 0 radical (unpaired) electrons. The van der Waals surface area contributed by atoms with Gasteiger partial charge in [-0.1, -0.05) is 5.16 Å². The van der Waals surface area contributed by atoms with E-state index in [1.54, 1.807) is 24.3 Å². The van der Waals surface area contributed by atoms with Gasteiger partial charge in [0.25, 0.3) is 5.91 Å². The van der Waals surface area contributed by atoms with E-state index in [9.17, 15) is 9.59 Å². The lowest BCUT2D eigenvalue weighted by Crippen LogP contribution is -2.23. The van der Waals surface area contributed by atoms with Gasteiger partial charge in [-0.05, 0) is 23.8 Å². The number of carbonyl (C=O) groups excluding carboxylic acids is 2. The monoisotopic (exact) mass is 257 g/mol. The molecular weight excluding hydrogens is 246 g/mol. The van der Waals surface area contributed by atoms with Crippen LogP contribution in [0, 0.1) is 0 Å². The first kappa shape index (κ1) is 11.5. The second-order valence-electron chi connectivity index (χ2n) is 4.27. The number of nitrogens with zero attached hydrogens (tertiary/aromatic N) is 1. The predicted molar refractivity (Wildman–Crippen MR) is 66.4 cm³/mol. The number of anilines is 1. The second kappa shape index (κ2) is 4.56. The van der Waals surface area contributed by atoms with Crippen LogP contribution in [-0.2, 0) is 17.8 Å². The molecule has 2 amide bonds. The van der Waals surface area contributed by atoms with Crippen LogP contribution < -0.4 is 10.6 Å². The lowest BCUT2D eigenvalue weighted by Gasteiger charge is -2.05. The number of aromatic nitrogens is 1. The number of carbonyl (C=O) groups is 2. The fraction of sp³-hybridized carbons (Fsp3) is 0.154. The van der Waals surface area contributed by atoms with Crippen molar-refractivity contribution in [3.63, 3.8) is 0 Å². The molecule has 0 saturated carbocycles. The van der Waals surface area contributed by atoms with Gasteiger partial charge in [-0.3, -0.25) is 9.59 Å². The van der Waals surface area contributed by atoms with Crippen molar-refractivity contribution in [3.05, 3.63) is 47.3 Å². The maximum atomic E-state index is 11.9. The summed E-state index contributed by atoms with van der Waals surface area (Å²) in [5.74, 6) is -0.250. The third-order valence-corrected chi connectivity index (χ3v) is 2.91. The maximum Gasteiger partial charge on any atom is 0.251 e. The van der Waals surface area contributed by atoms with Crippen molar-refractivity contribution in [2.45, 2.75) is 13.0 Å². The zero-order valence-electron chi connectivity index (χ0n) is 9.97. The Morgan fingerprint density at radius 2 is 2.32 bits per heavy atom. The Bertz CT molecular complexity index is 635. The smallest absolute Gasteiger partial charge is 0.251 e. The number of benzene rings is 1. The summed E-state index contributed by atoms with van der Waals surface area (Å²) in [7, 11) is 0. The predicted octanol–water partition coefficient (Wildman–Crippen LogP) is 1.10. The molecule has 0 saturated heterocycles. The number of nitrogens with one attached hydrogen (secondary N) is 2. The molecule has 0 spiro atoms. The van der Waals surface area contributed by atoms with Crippen molar-refractivity contribution in [1.29, 1.82) is 0 Å². The Hall–Kier alpha value is -2.63. The highest BCUT2D eigenvalue weighted by molar-refractivity contribution is 6.01. The van der Waals surface area contributed by atoms with Crippen LogP contribution in [0.4, 0.5) is 5.69 Å². The summed E-state index contributed by atoms with van der Waals surface area (Å²) in [4.78, 5) is 23.2. The van der Waals surface area contributed by atoms with E-state index in [-0.39, 0.29) is 11.8 Å². The number of rotatable bonds is 3. The molecule has 19 heavy (non-hydrogen) atoms. The molecule has 0 unspecified atom stereocenters. The first-order chi connectivity index (χ1) is 9.22. The Kier molecular flexibility index (Phi) is 2.75. The highest BCUT2D eigenvalue weighted by Crippen LogP contribution is 2.23.